The van der Waals surface area contributed by atoms with Crippen molar-refractivity contribution in [3.05, 3.63) is 76.9 Å². The van der Waals surface area contributed by atoms with Crippen LogP contribution < -0.4 is 23.7 Å². The molecule has 3 aromatic carbocycles. The smallest absolute Gasteiger partial charge is 0.308 e. The van der Waals surface area contributed by atoms with E-state index in [1.165, 1.54) is 0 Å². The Balaban J connectivity index is 1.65. The highest BCUT2D eigenvalue weighted by molar-refractivity contribution is 5.78. The summed E-state index contributed by atoms with van der Waals surface area (Å²) in [6.07, 6.45) is 1.76. The Bertz CT molecular complexity index is 1330. The van der Waals surface area contributed by atoms with Crippen molar-refractivity contribution >= 4 is 5.97 Å². The third-order valence-corrected chi connectivity index (χ3v) is 7.47. The summed E-state index contributed by atoms with van der Waals surface area (Å²) in [4.78, 5) is 13.1. The Morgan fingerprint density at radius 3 is 2.41 bits per heavy atom. The molecule has 0 radical (unpaired) electrons. The largest absolute Gasteiger partial charge is 0.497 e. The number of carboxylic acid groups (broad SMARTS) is 1. The van der Waals surface area contributed by atoms with E-state index in [1.54, 1.807) is 7.11 Å². The third kappa shape index (κ3) is 5.35. The highest BCUT2D eigenvalue weighted by Gasteiger charge is 2.48. The van der Waals surface area contributed by atoms with Crippen LogP contribution in [0.15, 0.2) is 54.6 Å². The van der Waals surface area contributed by atoms with Crippen LogP contribution in [0.5, 0.6) is 28.7 Å². The predicted octanol–water partition coefficient (Wildman–Crippen LogP) is 6.62. The Labute approximate surface area is 229 Å². The third-order valence-electron chi connectivity index (χ3n) is 7.47. The molecule has 0 spiro atoms. The van der Waals surface area contributed by atoms with Gasteiger partial charge in [0.25, 0.3) is 0 Å². The van der Waals surface area contributed by atoms with E-state index in [9.17, 15) is 9.90 Å². The summed E-state index contributed by atoms with van der Waals surface area (Å²) in [5.41, 5.74) is 3.58. The van der Waals surface area contributed by atoms with Gasteiger partial charge in [0.1, 0.15) is 17.2 Å². The molecule has 0 fully saturated rings. The minimum atomic E-state index is -0.876. The molecule has 3 aromatic rings. The molecule has 1 aliphatic carbocycles. The first-order valence-corrected chi connectivity index (χ1v) is 13.6. The van der Waals surface area contributed by atoms with Crippen LogP contribution in [-0.4, -0.2) is 38.2 Å². The average Bonchev–Trinajstić information content (AvgIpc) is 3.53. The van der Waals surface area contributed by atoms with Crippen LogP contribution in [0.2, 0.25) is 0 Å². The normalized spacial score (nSPS) is 19.2. The van der Waals surface area contributed by atoms with E-state index in [4.69, 9.17) is 23.7 Å². The molecular formula is C32H36O7. The molecule has 39 heavy (non-hydrogen) atoms. The summed E-state index contributed by atoms with van der Waals surface area (Å²) < 4.78 is 28.9. The van der Waals surface area contributed by atoms with Gasteiger partial charge in [-0.2, -0.15) is 0 Å². The molecule has 5 rings (SSSR count). The maximum absolute atomic E-state index is 13.1. The molecule has 0 saturated heterocycles. The lowest BCUT2D eigenvalue weighted by Crippen LogP contribution is -2.24. The van der Waals surface area contributed by atoms with E-state index in [2.05, 4.69) is 20.8 Å². The highest BCUT2D eigenvalue weighted by Crippen LogP contribution is 2.56. The van der Waals surface area contributed by atoms with Gasteiger partial charge in [-0.25, -0.2) is 0 Å². The molecule has 206 valence electrons. The first kappa shape index (κ1) is 26.7. The molecule has 7 nitrogen and oxygen atoms in total. The lowest BCUT2D eigenvalue weighted by Gasteiger charge is -2.25. The van der Waals surface area contributed by atoms with Crippen molar-refractivity contribution in [2.45, 2.75) is 45.4 Å². The Morgan fingerprint density at radius 1 is 0.897 bits per heavy atom. The van der Waals surface area contributed by atoms with Crippen LogP contribution in [0.1, 0.15) is 67.7 Å². The second kappa shape index (κ2) is 11.5. The number of ether oxygens (including phenoxy) is 5. The molecule has 0 saturated carbocycles. The second-order valence-electron chi connectivity index (χ2n) is 10.5. The first-order valence-electron chi connectivity index (χ1n) is 13.6. The maximum atomic E-state index is 13.1. The number of carbonyl (C=O) groups is 1. The van der Waals surface area contributed by atoms with Crippen molar-refractivity contribution < 1.29 is 33.6 Å². The molecule has 1 N–H and O–H groups in total. The van der Waals surface area contributed by atoms with E-state index >= 15 is 0 Å². The van der Waals surface area contributed by atoms with Gasteiger partial charge in [0, 0.05) is 23.5 Å². The summed E-state index contributed by atoms with van der Waals surface area (Å²) in [6.45, 7) is 7.63. The fourth-order valence-corrected chi connectivity index (χ4v) is 5.56. The number of rotatable bonds is 11. The van der Waals surface area contributed by atoms with Gasteiger partial charge in [0.05, 0.1) is 26.2 Å². The van der Waals surface area contributed by atoms with Crippen molar-refractivity contribution in [1.29, 1.82) is 0 Å². The van der Waals surface area contributed by atoms with Gasteiger partial charge in [0.15, 0.2) is 11.5 Å². The summed E-state index contributed by atoms with van der Waals surface area (Å²) in [6, 6.07) is 17.3. The fourth-order valence-electron chi connectivity index (χ4n) is 5.56. The molecule has 3 atom stereocenters. The molecule has 7 heteroatoms. The molecule has 2 aliphatic rings. The van der Waals surface area contributed by atoms with Gasteiger partial charge in [-0.15, -0.1) is 0 Å². The van der Waals surface area contributed by atoms with Crippen LogP contribution >= 0.6 is 0 Å². The molecular weight excluding hydrogens is 496 g/mol. The molecule has 3 unspecified atom stereocenters. The average molecular weight is 533 g/mol. The second-order valence-corrected chi connectivity index (χ2v) is 10.5. The zero-order valence-corrected chi connectivity index (χ0v) is 22.9. The Kier molecular flexibility index (Phi) is 7.87. The lowest BCUT2D eigenvalue weighted by atomic mass is 9.79. The molecule has 1 heterocycles. The predicted molar refractivity (Wildman–Crippen MR) is 148 cm³/mol. The van der Waals surface area contributed by atoms with Crippen LogP contribution in [0.25, 0.3) is 0 Å². The van der Waals surface area contributed by atoms with Gasteiger partial charge in [-0.05, 0) is 65.8 Å². The number of methoxy groups -OCH3 is 1. The number of fused-ring (bicyclic) bond motifs is 2. The minimum absolute atomic E-state index is 0.159. The van der Waals surface area contributed by atoms with Crippen molar-refractivity contribution in [3.63, 3.8) is 0 Å². The van der Waals surface area contributed by atoms with Crippen LogP contribution in [0.3, 0.4) is 0 Å². The molecule has 1 aliphatic heterocycles. The van der Waals surface area contributed by atoms with Crippen LogP contribution in [0.4, 0.5) is 0 Å². The van der Waals surface area contributed by atoms with Crippen LogP contribution in [-0.2, 0) is 4.79 Å². The maximum Gasteiger partial charge on any atom is 0.308 e. The number of aliphatic carboxylic acids is 1. The Morgan fingerprint density at radius 2 is 1.67 bits per heavy atom. The zero-order valence-electron chi connectivity index (χ0n) is 22.9. The van der Waals surface area contributed by atoms with Crippen molar-refractivity contribution in [1.82, 2.24) is 0 Å². The SMILES string of the molecule is CCCOc1ccc2c(c1)C(c1ccc(OC)cc1OCCC(C)C)C(C(=O)O)C2c1ccc2c(c1)OCO2. The zero-order chi connectivity index (χ0) is 27.5. The number of hydrogen-bond acceptors (Lipinski definition) is 6. The molecule has 0 bridgehead atoms. The molecule has 0 aromatic heterocycles. The van der Waals surface area contributed by atoms with Gasteiger partial charge in [0.2, 0.25) is 6.79 Å². The first-order chi connectivity index (χ1) is 18.9. The van der Waals surface area contributed by atoms with Gasteiger partial charge < -0.3 is 28.8 Å². The van der Waals surface area contributed by atoms with E-state index in [-0.39, 0.29) is 6.79 Å². The number of carboxylic acids is 1. The van der Waals surface area contributed by atoms with E-state index < -0.39 is 23.7 Å². The summed E-state index contributed by atoms with van der Waals surface area (Å²) >= 11 is 0. The van der Waals surface area contributed by atoms with Crippen LogP contribution in [0, 0.1) is 11.8 Å². The lowest BCUT2D eigenvalue weighted by molar-refractivity contribution is -0.142. The van der Waals surface area contributed by atoms with E-state index in [0.717, 1.165) is 40.8 Å². The monoisotopic (exact) mass is 532 g/mol. The standard InChI is InChI=1S/C32H36O7/c1-5-13-36-22-8-9-23-25(16-22)30(24-10-7-21(35-4)17-27(24)37-14-12-19(2)3)31(32(33)34)29(23)20-6-11-26-28(15-20)39-18-38-26/h6-11,15-17,19,29-31H,5,12-14,18H2,1-4H3,(H,33,34). The van der Waals surface area contributed by atoms with E-state index in [0.29, 0.717) is 42.1 Å². The number of benzene rings is 3. The summed E-state index contributed by atoms with van der Waals surface area (Å²) in [7, 11) is 1.62. The summed E-state index contributed by atoms with van der Waals surface area (Å²) in [5.74, 6) is 1.30. The highest BCUT2D eigenvalue weighted by atomic mass is 16.7. The number of hydrogen-bond donors (Lipinski definition) is 1. The van der Waals surface area contributed by atoms with Crippen molar-refractivity contribution in [3.8, 4) is 28.7 Å². The topological polar surface area (TPSA) is 83.5 Å². The Hall–Kier alpha value is -3.87. The van der Waals surface area contributed by atoms with Gasteiger partial charge >= 0.3 is 5.97 Å². The minimum Gasteiger partial charge on any atom is -0.497 e. The van der Waals surface area contributed by atoms with E-state index in [1.807, 2.05) is 54.6 Å². The van der Waals surface area contributed by atoms with Crippen molar-refractivity contribution in [2.75, 3.05) is 27.1 Å². The van der Waals surface area contributed by atoms with Crippen molar-refractivity contribution in [2.24, 2.45) is 11.8 Å². The summed E-state index contributed by atoms with van der Waals surface area (Å²) in [5, 5.41) is 10.7. The van der Waals surface area contributed by atoms with Gasteiger partial charge in [-0.1, -0.05) is 39.0 Å². The fraction of sp³-hybridized carbons (Fsp3) is 0.406. The quantitative estimate of drug-likeness (QED) is 0.297. The van der Waals surface area contributed by atoms with Gasteiger partial charge in [-0.3, -0.25) is 4.79 Å². The molecule has 0 amide bonds.